The van der Waals surface area contributed by atoms with Crippen molar-refractivity contribution in [2.75, 3.05) is 51.1 Å². The van der Waals surface area contributed by atoms with Gasteiger partial charge >= 0.3 is 0 Å². The molecule has 676 valence electrons. The Morgan fingerprint density at radius 2 is 0.736 bits per heavy atom. The number of hydrogen-bond acceptors (Lipinski definition) is 38. The Hall–Kier alpha value is -15.6. The number of carboxylic acid groups (broad SMARTS) is 9. The van der Waals surface area contributed by atoms with E-state index < -0.39 is 130 Å². The predicted molar refractivity (Wildman–Crippen MR) is 421 cm³/mol. The highest BCUT2D eigenvalue weighted by molar-refractivity contribution is 7.99. The number of fused-ring (bicyclic) bond motifs is 10. The molecule has 9 aliphatic rings. The summed E-state index contributed by atoms with van der Waals surface area (Å²) in [7, 11) is -3.58. The molecule has 9 unspecified atom stereocenters. The van der Waals surface area contributed by atoms with E-state index in [4.69, 9.17) is 76.2 Å². The number of thioether (sulfide) groups is 1. The van der Waals surface area contributed by atoms with E-state index in [0.717, 1.165) is 32.9 Å². The zero-order valence-corrected chi connectivity index (χ0v) is 69.1. The number of Topliss-reactive ketones (excluding diaryl/α,β-unsaturated/α-hetero) is 1. The predicted octanol–water partition coefficient (Wildman–Crippen LogP) is -1.51. The molecule has 0 amide bonds. The maximum absolute atomic E-state index is 12.7. The molecule has 0 spiro atoms. The summed E-state index contributed by atoms with van der Waals surface area (Å²) >= 11 is 1.48. The van der Waals surface area contributed by atoms with E-state index in [0.29, 0.717) is 80.3 Å². The molecular weight excluding hydrogens is 1740 g/mol. The van der Waals surface area contributed by atoms with E-state index in [1.165, 1.54) is 61.2 Å². The maximum atomic E-state index is 12.7. The maximum Gasteiger partial charge on any atom is 0.186 e. The molecule has 9 aliphatic heterocycles. The fourth-order valence-electron chi connectivity index (χ4n) is 12.0. The van der Waals surface area contributed by atoms with Crippen LogP contribution in [0.4, 0.5) is 4.39 Å². The number of para-hydroxylation sites is 7. The number of carbonyl (C=O) groups excluding carboxylic acids is 10. The lowest BCUT2D eigenvalue weighted by atomic mass is 10.0. The van der Waals surface area contributed by atoms with Gasteiger partial charge in [-0.1, -0.05) is 84.9 Å². The normalized spacial score (nSPS) is 20.1. The number of aliphatic carboxylic acids is 9. The first-order valence-electron chi connectivity index (χ1n) is 38.3. The van der Waals surface area contributed by atoms with E-state index >= 15 is 0 Å². The number of halogens is 1. The minimum atomic E-state index is -3.58. The quantitative estimate of drug-likeness (QED) is 0.172. The van der Waals surface area contributed by atoms with E-state index in [-0.39, 0.29) is 79.7 Å². The molecule has 10 aromatic carbocycles. The number of carboxylic acids is 9. The Morgan fingerprint density at radius 1 is 0.372 bits per heavy atom. The third-order valence-corrected chi connectivity index (χ3v) is 21.6. The van der Waals surface area contributed by atoms with Gasteiger partial charge in [-0.2, -0.15) is 0 Å². The van der Waals surface area contributed by atoms with Gasteiger partial charge in [-0.25, -0.2) is 12.8 Å². The van der Waals surface area contributed by atoms with Gasteiger partial charge in [0.2, 0.25) is 0 Å². The molecule has 40 heteroatoms. The van der Waals surface area contributed by atoms with E-state index in [1.807, 2.05) is 68.4 Å². The molecule has 37 nitrogen and oxygen atoms in total. The van der Waals surface area contributed by atoms with Gasteiger partial charge in [0.25, 0.3) is 0 Å². The summed E-state index contributed by atoms with van der Waals surface area (Å²) in [4.78, 5) is 107. The lowest BCUT2D eigenvalue weighted by molar-refractivity contribution is -0.324. The first kappa shape index (κ1) is 94.1. The molecule has 0 aromatic heterocycles. The molecule has 9 atom stereocenters. The minimum absolute atomic E-state index is 0.000648. The Labute approximate surface area is 734 Å². The van der Waals surface area contributed by atoms with Crippen molar-refractivity contribution in [3.05, 3.63) is 229 Å². The van der Waals surface area contributed by atoms with Crippen LogP contribution in [0.15, 0.2) is 216 Å². The first-order chi connectivity index (χ1) is 61.5. The van der Waals surface area contributed by atoms with Gasteiger partial charge in [-0.15, -0.1) is 11.8 Å². The van der Waals surface area contributed by atoms with Crippen LogP contribution in [0.25, 0.3) is 10.8 Å². The topological polar surface area (TPSA) is 571 Å². The highest BCUT2D eigenvalue weighted by Crippen LogP contribution is 2.41. The van der Waals surface area contributed by atoms with Crippen LogP contribution in [0.2, 0.25) is 0 Å². The third kappa shape index (κ3) is 24.9. The molecular formula is C89H70FO37S2-9. The highest BCUT2D eigenvalue weighted by atomic mass is 32.2. The first-order valence-corrected chi connectivity index (χ1v) is 40.9. The smallest absolute Gasteiger partial charge is 0.186 e. The summed E-state index contributed by atoms with van der Waals surface area (Å²) in [5.74, 6) is -6.50. The number of phenols is 1. The number of ketones is 1. The Bertz CT molecular complexity index is 5820. The van der Waals surface area contributed by atoms with Crippen LogP contribution < -0.4 is 117 Å². The largest absolute Gasteiger partial charge is 0.546 e. The molecule has 1 N–H and O–H groups in total. The lowest BCUT2D eigenvalue weighted by Crippen LogP contribution is -2.55. The Balaban J connectivity index is 0.000000141. The van der Waals surface area contributed by atoms with Crippen LogP contribution in [-0.2, 0) is 53.0 Å². The van der Waals surface area contributed by atoms with Crippen LogP contribution in [0, 0.1) is 19.7 Å². The van der Waals surface area contributed by atoms with Gasteiger partial charge in [-0.05, 0) is 152 Å². The number of phenolic OH excluding ortho intramolecular Hbond substituents is 1. The van der Waals surface area contributed by atoms with Crippen molar-refractivity contribution in [2.24, 2.45) is 0 Å². The van der Waals surface area contributed by atoms with Crippen LogP contribution in [-0.4, -0.2) is 179 Å². The number of aryl methyl sites for hydroxylation is 2. The average Bonchev–Trinajstić information content (AvgIpc) is 0.874. The van der Waals surface area contributed by atoms with Gasteiger partial charge in [-0.3, -0.25) is 4.79 Å². The lowest BCUT2D eigenvalue weighted by Gasteiger charge is -2.35. The number of benzene rings is 10. The molecule has 0 radical (unpaired) electrons. The van der Waals surface area contributed by atoms with Crippen molar-refractivity contribution in [1.29, 1.82) is 0 Å². The van der Waals surface area contributed by atoms with E-state index in [2.05, 4.69) is 0 Å². The number of aromatic hydroxyl groups is 1. The molecule has 129 heavy (non-hydrogen) atoms. The number of carbonyl (C=O) groups is 10. The fraction of sp³-hybridized carbons (Fsp3) is 0.236. The van der Waals surface area contributed by atoms with Crippen LogP contribution >= 0.6 is 11.8 Å². The van der Waals surface area contributed by atoms with Gasteiger partial charge in [0.15, 0.2) is 127 Å². The monoisotopic (exact) mass is 1810 g/mol. The second-order valence-electron chi connectivity index (χ2n) is 28.1. The summed E-state index contributed by atoms with van der Waals surface area (Å²) in [6, 6.07) is 56.6. The van der Waals surface area contributed by atoms with Crippen molar-refractivity contribution >= 4 is 91.9 Å². The second kappa shape index (κ2) is 42.4. The summed E-state index contributed by atoms with van der Waals surface area (Å²) in [5.41, 5.74) is 1.17. The zero-order valence-electron chi connectivity index (χ0n) is 67.5. The Kier molecular flexibility index (Phi) is 30.9. The fourth-order valence-corrected chi connectivity index (χ4v) is 14.4. The average molecular weight is 1810 g/mol. The molecule has 0 saturated heterocycles. The molecule has 10 aromatic rings. The number of hydrogen-bond donors (Lipinski definition) is 1. The molecule has 9 heterocycles. The second-order valence-corrected chi connectivity index (χ2v) is 31.2. The van der Waals surface area contributed by atoms with E-state index in [9.17, 15) is 107 Å². The minimum Gasteiger partial charge on any atom is -0.546 e. The summed E-state index contributed by atoms with van der Waals surface area (Å²) in [5, 5.41) is 106. The van der Waals surface area contributed by atoms with Crippen molar-refractivity contribution in [3.8, 4) is 92.0 Å². The van der Waals surface area contributed by atoms with Crippen LogP contribution in [0.1, 0.15) is 34.8 Å². The highest BCUT2D eigenvalue weighted by Gasteiger charge is 2.36. The van der Waals surface area contributed by atoms with Gasteiger partial charge in [0, 0.05) is 22.8 Å². The zero-order chi connectivity index (χ0) is 93.0. The summed E-state index contributed by atoms with van der Waals surface area (Å²) < 4.78 is 113. The molecule has 0 fully saturated rings. The van der Waals surface area contributed by atoms with Crippen molar-refractivity contribution < 1.29 is 183 Å². The summed E-state index contributed by atoms with van der Waals surface area (Å²) in [6.07, 6.45) is -8.91. The van der Waals surface area contributed by atoms with E-state index in [1.54, 1.807) is 103 Å². The third-order valence-electron chi connectivity index (χ3n) is 18.7. The van der Waals surface area contributed by atoms with Crippen LogP contribution in [0.5, 0.6) is 92.0 Å². The molecule has 0 bridgehead atoms. The standard InChI is InChI=1S/C13H10O4.C11H12O4.C10H10O4.C10H8O4.C9H7FO4.C9H8O5S.C9H8O5.C9H8O4.C9H8O3S/c14-13(15)12-7-16-10-5-8-3-1-2-4-9(8)6-11(10)17-12;1-6-3-8-9(4-7(6)2)15-10(5-14-8)11(12)13;1-10(9(11)12)6-13-7-4-2-3-5-8(7)14-10;11-7-5-9(10(12)13)14-8-4-2-1-3-6(7)8;10-5-1-2-6-7(3-5)14-8(4-13-6)9(11)12;10-9(11)7-5-15(12,13)8-4-2-1-3-6(8)14-7;10-5-1-2-6-7(3-5)14-8(4-13-6)9(11)12;10-9(11)8-5-12-6-3-1-2-4-7(6)13-8;10-9(11)7-5-13-8-4-2-1-3-6(8)12-7/h1-6,12H,7H2,(H,14,15);3-4,10H,5H2,1-2H3,(H,12,13);2-5H,6H2,1H3,(H,11,12);1-4,9H,5H2,(H,12,13);1-3,8H,4H2,(H,11,12);1-4,7H,5H2,(H,10,11);1-3,8,10H,4H2,(H,11,12);1-4,8H,5H2,(H,10,11);1-4,7H,5H2,(H,10,11)/p-9. The van der Waals surface area contributed by atoms with Gasteiger partial charge < -0.3 is 165 Å². The van der Waals surface area contributed by atoms with Crippen molar-refractivity contribution in [3.63, 3.8) is 0 Å². The molecule has 0 aliphatic carbocycles. The number of ether oxygens (including phenoxy) is 15. The SMILES string of the molecule is CC1(C(=O)[O-])COc2ccccc2O1.Cc1cc2c(cc1C)OC(C(=O)[O-])CO2.O=C([O-])C1COc2cc3ccccc3cc2O1.O=C([O-])C1COc2ccc(F)cc2O1.O=C([O-])C1COc2ccc(O)cc2O1.O=C([O-])C1COc2ccccc2O1.O=C([O-])C1CS(=O)(=O)c2ccccc2O1.O=C([O-])C1CSc2ccccc2O1.O=C1CC(C(=O)[O-])Oc2ccccc21. The van der Waals surface area contributed by atoms with Gasteiger partial charge in [0.1, 0.15) is 85.6 Å². The van der Waals surface area contributed by atoms with Crippen molar-refractivity contribution in [1.82, 2.24) is 0 Å². The van der Waals surface area contributed by atoms with Crippen LogP contribution in [0.3, 0.4) is 0 Å². The van der Waals surface area contributed by atoms with Gasteiger partial charge in [0.05, 0.1) is 71.5 Å². The molecule has 19 rings (SSSR count). The Morgan fingerprint density at radius 3 is 1.26 bits per heavy atom. The van der Waals surface area contributed by atoms with Crippen molar-refractivity contribution in [2.45, 2.75) is 91.4 Å². The number of rotatable bonds is 9. The molecule has 0 saturated carbocycles. The summed E-state index contributed by atoms with van der Waals surface area (Å²) in [6.45, 7) is 5.06. The number of sulfone groups is 1.